The Morgan fingerprint density at radius 3 is 2.44 bits per heavy atom. The van der Waals surface area contributed by atoms with Gasteiger partial charge >= 0.3 is 0 Å². The van der Waals surface area contributed by atoms with Crippen molar-refractivity contribution in [2.75, 3.05) is 29.4 Å². The molecule has 1 N–H and O–H groups in total. The number of halogens is 1. The number of hydrogen-bond acceptors (Lipinski definition) is 5. The Hall–Kier alpha value is -3.23. The van der Waals surface area contributed by atoms with Gasteiger partial charge < -0.3 is 14.8 Å². The molecule has 0 radical (unpaired) electrons. The lowest BCUT2D eigenvalue weighted by Crippen LogP contribution is -2.38. The van der Waals surface area contributed by atoms with Gasteiger partial charge in [-0.15, -0.1) is 0 Å². The highest BCUT2D eigenvalue weighted by molar-refractivity contribution is 7.92. The third-order valence-corrected chi connectivity index (χ3v) is 7.08. The Kier molecular flexibility index (Phi) is 6.25. The van der Waals surface area contributed by atoms with Crippen LogP contribution in [0.4, 0.5) is 11.4 Å². The van der Waals surface area contributed by atoms with Crippen LogP contribution < -0.4 is 19.1 Å². The van der Waals surface area contributed by atoms with E-state index in [1.165, 1.54) is 18.2 Å². The molecule has 0 spiro atoms. The van der Waals surface area contributed by atoms with E-state index in [1.807, 2.05) is 6.92 Å². The van der Waals surface area contributed by atoms with Crippen LogP contribution >= 0.6 is 11.6 Å². The van der Waals surface area contributed by atoms with Crippen molar-refractivity contribution in [2.24, 2.45) is 0 Å². The Morgan fingerprint density at radius 1 is 1.00 bits per heavy atom. The van der Waals surface area contributed by atoms with E-state index >= 15 is 0 Å². The third kappa shape index (κ3) is 4.66. The van der Waals surface area contributed by atoms with Crippen LogP contribution in [0.2, 0.25) is 5.02 Å². The maximum atomic E-state index is 13.4. The molecular weight excluding hydrogens is 452 g/mol. The second-order valence-corrected chi connectivity index (χ2v) is 9.43. The summed E-state index contributed by atoms with van der Waals surface area (Å²) < 4.78 is 38.8. The summed E-state index contributed by atoms with van der Waals surface area (Å²) in [5.74, 6) is 0.600. The van der Waals surface area contributed by atoms with Gasteiger partial charge in [0.1, 0.15) is 19.8 Å². The first kappa shape index (κ1) is 22.0. The normalized spacial score (nSPS) is 12.8. The maximum Gasteiger partial charge on any atom is 0.264 e. The average Bonchev–Trinajstić information content (AvgIpc) is 2.80. The summed E-state index contributed by atoms with van der Waals surface area (Å²) in [5.41, 5.74) is 1.56. The predicted octanol–water partition coefficient (Wildman–Crippen LogP) is 4.25. The second-order valence-electron chi connectivity index (χ2n) is 7.16. The Balaban J connectivity index is 1.63. The average molecular weight is 473 g/mol. The molecule has 166 valence electrons. The predicted molar refractivity (Wildman–Crippen MR) is 123 cm³/mol. The van der Waals surface area contributed by atoms with E-state index in [1.54, 1.807) is 48.5 Å². The monoisotopic (exact) mass is 472 g/mol. The van der Waals surface area contributed by atoms with E-state index in [2.05, 4.69) is 5.32 Å². The molecule has 4 rings (SSSR count). The molecule has 0 aromatic heterocycles. The molecule has 0 saturated heterocycles. The molecule has 7 nitrogen and oxygen atoms in total. The molecule has 1 aliphatic heterocycles. The summed E-state index contributed by atoms with van der Waals surface area (Å²) in [6, 6.07) is 17.8. The van der Waals surface area contributed by atoms with Crippen LogP contribution in [0.25, 0.3) is 0 Å². The van der Waals surface area contributed by atoms with Crippen LogP contribution in [0, 0.1) is 6.92 Å². The van der Waals surface area contributed by atoms with E-state index in [-0.39, 0.29) is 4.90 Å². The Bertz CT molecular complexity index is 1250. The minimum Gasteiger partial charge on any atom is -0.486 e. The largest absolute Gasteiger partial charge is 0.486 e. The number of carbonyl (C=O) groups excluding carboxylic acids is 1. The highest BCUT2D eigenvalue weighted by Gasteiger charge is 2.27. The quantitative estimate of drug-likeness (QED) is 0.579. The zero-order valence-corrected chi connectivity index (χ0v) is 18.8. The number of anilines is 2. The van der Waals surface area contributed by atoms with E-state index < -0.39 is 22.5 Å². The lowest BCUT2D eigenvalue weighted by molar-refractivity contribution is -0.114. The number of amides is 1. The third-order valence-electron chi connectivity index (χ3n) is 4.89. The van der Waals surface area contributed by atoms with Crippen molar-refractivity contribution in [3.8, 4) is 11.5 Å². The van der Waals surface area contributed by atoms with E-state index in [0.717, 1.165) is 9.87 Å². The topological polar surface area (TPSA) is 84.9 Å². The molecule has 9 heteroatoms. The zero-order valence-electron chi connectivity index (χ0n) is 17.2. The lowest BCUT2D eigenvalue weighted by atomic mass is 10.2. The van der Waals surface area contributed by atoms with Crippen molar-refractivity contribution in [3.63, 3.8) is 0 Å². The maximum absolute atomic E-state index is 13.4. The number of nitrogens with one attached hydrogen (secondary N) is 1. The zero-order chi connectivity index (χ0) is 22.7. The van der Waals surface area contributed by atoms with Crippen molar-refractivity contribution in [1.29, 1.82) is 0 Å². The van der Waals surface area contributed by atoms with Crippen molar-refractivity contribution in [2.45, 2.75) is 11.8 Å². The molecule has 0 fully saturated rings. The van der Waals surface area contributed by atoms with Crippen LogP contribution in [0.1, 0.15) is 5.56 Å². The smallest absolute Gasteiger partial charge is 0.264 e. The summed E-state index contributed by atoms with van der Waals surface area (Å²) in [7, 11) is -4.02. The molecule has 0 saturated carbocycles. The van der Waals surface area contributed by atoms with Crippen LogP contribution in [0.15, 0.2) is 71.6 Å². The number of aryl methyl sites for hydroxylation is 1. The van der Waals surface area contributed by atoms with Crippen molar-refractivity contribution in [1.82, 2.24) is 0 Å². The van der Waals surface area contributed by atoms with Gasteiger partial charge in [-0.3, -0.25) is 9.10 Å². The van der Waals surface area contributed by atoms with Gasteiger partial charge in [-0.1, -0.05) is 35.9 Å². The van der Waals surface area contributed by atoms with Crippen molar-refractivity contribution < 1.29 is 22.7 Å². The SMILES string of the molecule is Cc1ccc(N(CC(=O)Nc2ccc3c(c2)OCCO3)S(=O)(=O)c2ccccc2)cc1Cl. The summed E-state index contributed by atoms with van der Waals surface area (Å²) in [5, 5.41) is 3.13. The first-order valence-electron chi connectivity index (χ1n) is 9.88. The standard InChI is InChI=1S/C23H21ClN2O5S/c1-16-7-9-18(14-20(16)24)26(32(28,29)19-5-3-2-4-6-19)15-23(27)25-17-8-10-21-22(13-17)31-12-11-30-21/h2-10,13-14H,11-12,15H2,1H3,(H,25,27). The van der Waals surface area contributed by atoms with Gasteiger partial charge in [0.2, 0.25) is 5.91 Å². The number of benzene rings is 3. The van der Waals surface area contributed by atoms with Gasteiger partial charge in [0, 0.05) is 16.8 Å². The number of nitrogens with zero attached hydrogens (tertiary/aromatic N) is 1. The summed E-state index contributed by atoms with van der Waals surface area (Å²) in [6.45, 7) is 2.26. The summed E-state index contributed by atoms with van der Waals surface area (Å²) in [6.07, 6.45) is 0. The van der Waals surface area contributed by atoms with E-state index in [0.29, 0.717) is 41.1 Å². The Labute approximate surface area is 191 Å². The van der Waals surface area contributed by atoms with Gasteiger partial charge in [0.05, 0.1) is 10.6 Å². The minimum absolute atomic E-state index is 0.0730. The fraction of sp³-hybridized carbons (Fsp3) is 0.174. The van der Waals surface area contributed by atoms with Gasteiger partial charge in [0.15, 0.2) is 11.5 Å². The lowest BCUT2D eigenvalue weighted by Gasteiger charge is -2.25. The van der Waals surface area contributed by atoms with Gasteiger partial charge in [-0.25, -0.2) is 8.42 Å². The fourth-order valence-electron chi connectivity index (χ4n) is 3.22. The highest BCUT2D eigenvalue weighted by atomic mass is 35.5. The second kappa shape index (κ2) is 9.10. The van der Waals surface area contributed by atoms with Gasteiger partial charge in [-0.05, 0) is 48.9 Å². The minimum atomic E-state index is -4.02. The molecule has 1 heterocycles. The first-order valence-corrected chi connectivity index (χ1v) is 11.7. The van der Waals surface area contributed by atoms with Crippen molar-refractivity contribution >= 4 is 38.9 Å². The van der Waals surface area contributed by atoms with Crippen LogP contribution in [-0.2, 0) is 14.8 Å². The molecule has 1 aliphatic rings. The van der Waals surface area contributed by atoms with Gasteiger partial charge in [-0.2, -0.15) is 0 Å². The number of rotatable bonds is 6. The molecule has 3 aromatic carbocycles. The summed E-state index contributed by atoms with van der Waals surface area (Å²) >= 11 is 6.24. The number of hydrogen-bond donors (Lipinski definition) is 1. The van der Waals surface area contributed by atoms with Gasteiger partial charge in [0.25, 0.3) is 10.0 Å². The van der Waals surface area contributed by atoms with Crippen LogP contribution in [0.3, 0.4) is 0 Å². The molecule has 0 bridgehead atoms. The van der Waals surface area contributed by atoms with Crippen molar-refractivity contribution in [3.05, 3.63) is 77.3 Å². The molecule has 1 amide bonds. The molecule has 0 unspecified atom stereocenters. The number of carbonyl (C=O) groups is 1. The Morgan fingerprint density at radius 2 is 1.72 bits per heavy atom. The summed E-state index contributed by atoms with van der Waals surface area (Å²) in [4.78, 5) is 12.9. The van der Waals surface area contributed by atoms with Crippen LogP contribution in [-0.4, -0.2) is 34.1 Å². The number of fused-ring (bicyclic) bond motifs is 1. The fourth-order valence-corrected chi connectivity index (χ4v) is 4.83. The first-order chi connectivity index (χ1) is 15.3. The number of sulfonamides is 1. The molecule has 32 heavy (non-hydrogen) atoms. The molecule has 0 aliphatic carbocycles. The van der Waals surface area contributed by atoms with E-state index in [4.69, 9.17) is 21.1 Å². The number of ether oxygens (including phenoxy) is 2. The molecular formula is C23H21ClN2O5S. The van der Waals surface area contributed by atoms with Crippen LogP contribution in [0.5, 0.6) is 11.5 Å². The highest BCUT2D eigenvalue weighted by Crippen LogP contribution is 2.33. The molecule has 0 atom stereocenters. The van der Waals surface area contributed by atoms with E-state index in [9.17, 15) is 13.2 Å². The molecule has 3 aromatic rings.